The first-order valence-corrected chi connectivity index (χ1v) is 5.07. The van der Waals surface area contributed by atoms with Gasteiger partial charge in [0.2, 0.25) is 0 Å². The van der Waals surface area contributed by atoms with Gasteiger partial charge in [0, 0.05) is 12.0 Å². The summed E-state index contributed by atoms with van der Waals surface area (Å²) in [7, 11) is 0. The molecule has 0 amide bonds. The van der Waals surface area contributed by atoms with E-state index in [4.69, 9.17) is 10.5 Å². The van der Waals surface area contributed by atoms with E-state index in [0.29, 0.717) is 5.82 Å². The lowest BCUT2D eigenvalue weighted by molar-refractivity contribution is 0.0149. The van der Waals surface area contributed by atoms with Crippen LogP contribution in [0, 0.1) is 0 Å². The number of nitrogens with zero attached hydrogens (tertiary/aromatic N) is 1. The van der Waals surface area contributed by atoms with E-state index in [9.17, 15) is 0 Å². The summed E-state index contributed by atoms with van der Waals surface area (Å²) in [6.45, 7) is 0.865. The third kappa shape index (κ3) is 1.59. The van der Waals surface area contributed by atoms with E-state index in [1.54, 1.807) is 11.3 Å². The van der Waals surface area contributed by atoms with Crippen molar-refractivity contribution in [3.05, 3.63) is 10.4 Å². The summed E-state index contributed by atoms with van der Waals surface area (Å²) < 4.78 is 5.57. The molecule has 1 aromatic heterocycles. The fourth-order valence-corrected chi connectivity index (χ4v) is 2.17. The van der Waals surface area contributed by atoms with Crippen molar-refractivity contribution in [2.75, 3.05) is 12.3 Å². The molecule has 0 bridgehead atoms. The lowest BCUT2D eigenvalue weighted by Crippen LogP contribution is -2.11. The molecular formula is C8H12N2OS. The molecule has 0 aromatic carbocycles. The van der Waals surface area contributed by atoms with Crippen molar-refractivity contribution in [1.82, 2.24) is 4.98 Å². The van der Waals surface area contributed by atoms with Gasteiger partial charge in [-0.25, -0.2) is 4.98 Å². The molecule has 1 aromatic rings. The average Bonchev–Trinajstić information content (AvgIpc) is 2.54. The van der Waals surface area contributed by atoms with Crippen LogP contribution >= 0.6 is 11.3 Å². The van der Waals surface area contributed by atoms with E-state index in [0.717, 1.165) is 18.0 Å². The Balaban J connectivity index is 2.08. The van der Waals surface area contributed by atoms with Crippen LogP contribution in [0.2, 0.25) is 0 Å². The van der Waals surface area contributed by atoms with E-state index in [1.165, 1.54) is 12.8 Å². The number of hydrogen-bond acceptors (Lipinski definition) is 4. The number of aromatic nitrogens is 1. The van der Waals surface area contributed by atoms with Crippen LogP contribution in [-0.2, 0) is 4.74 Å². The number of anilines is 1. The zero-order valence-electron chi connectivity index (χ0n) is 6.82. The molecule has 0 saturated carbocycles. The molecule has 66 valence electrons. The molecule has 2 heterocycles. The number of ether oxygens (including phenoxy) is 1. The fraction of sp³-hybridized carbons (Fsp3) is 0.625. The number of hydrogen-bond donors (Lipinski definition) is 1. The van der Waals surface area contributed by atoms with Gasteiger partial charge in [0.25, 0.3) is 0 Å². The lowest BCUT2D eigenvalue weighted by atomic mass is 10.1. The largest absolute Gasteiger partial charge is 0.383 e. The Labute approximate surface area is 75.6 Å². The number of rotatable bonds is 1. The quantitative estimate of drug-likeness (QED) is 0.725. The monoisotopic (exact) mass is 184 g/mol. The zero-order valence-corrected chi connectivity index (χ0v) is 7.64. The standard InChI is InChI=1S/C8H12N2OS/c9-7-5-12-8(10-7)6-3-1-2-4-11-6/h5-6H,1-4,9H2. The first kappa shape index (κ1) is 8.01. The Morgan fingerprint density at radius 2 is 2.50 bits per heavy atom. The Morgan fingerprint density at radius 3 is 3.08 bits per heavy atom. The molecule has 2 rings (SSSR count). The van der Waals surface area contributed by atoms with Gasteiger partial charge in [-0.05, 0) is 19.3 Å². The number of nitrogen functional groups attached to an aromatic ring is 1. The predicted octanol–water partition coefficient (Wildman–Crippen LogP) is 1.97. The van der Waals surface area contributed by atoms with Crippen molar-refractivity contribution in [3.63, 3.8) is 0 Å². The normalized spacial score (nSPS) is 24.2. The van der Waals surface area contributed by atoms with Crippen LogP contribution in [0.15, 0.2) is 5.38 Å². The Bertz CT molecular complexity index is 255. The summed E-state index contributed by atoms with van der Waals surface area (Å²) in [5, 5.41) is 2.90. The van der Waals surface area contributed by atoms with Crippen LogP contribution in [0.1, 0.15) is 30.4 Å². The highest BCUT2D eigenvalue weighted by Crippen LogP contribution is 2.30. The molecule has 12 heavy (non-hydrogen) atoms. The topological polar surface area (TPSA) is 48.1 Å². The fourth-order valence-electron chi connectivity index (χ4n) is 1.38. The van der Waals surface area contributed by atoms with Gasteiger partial charge >= 0.3 is 0 Å². The minimum atomic E-state index is 0.209. The molecule has 3 nitrogen and oxygen atoms in total. The van der Waals surface area contributed by atoms with Crippen molar-refractivity contribution in [3.8, 4) is 0 Å². The molecule has 4 heteroatoms. The second-order valence-electron chi connectivity index (χ2n) is 2.97. The second-order valence-corrected chi connectivity index (χ2v) is 3.86. The predicted molar refractivity (Wildman–Crippen MR) is 49.1 cm³/mol. The molecule has 1 saturated heterocycles. The highest BCUT2D eigenvalue weighted by Gasteiger charge is 2.18. The zero-order chi connectivity index (χ0) is 8.39. The van der Waals surface area contributed by atoms with E-state index < -0.39 is 0 Å². The van der Waals surface area contributed by atoms with E-state index in [2.05, 4.69) is 4.98 Å². The lowest BCUT2D eigenvalue weighted by Gasteiger charge is -2.20. The van der Waals surface area contributed by atoms with Gasteiger partial charge in [-0.1, -0.05) is 0 Å². The Kier molecular flexibility index (Phi) is 2.28. The summed E-state index contributed by atoms with van der Waals surface area (Å²) in [5.41, 5.74) is 5.53. The molecule has 0 aliphatic carbocycles. The second kappa shape index (κ2) is 3.41. The minimum Gasteiger partial charge on any atom is -0.383 e. The van der Waals surface area contributed by atoms with Crippen LogP contribution < -0.4 is 5.73 Å². The third-order valence-electron chi connectivity index (χ3n) is 1.99. The van der Waals surface area contributed by atoms with Crippen LogP contribution in [-0.4, -0.2) is 11.6 Å². The van der Waals surface area contributed by atoms with Crippen molar-refractivity contribution in [2.24, 2.45) is 0 Å². The highest BCUT2D eigenvalue weighted by atomic mass is 32.1. The molecule has 0 spiro atoms. The molecule has 2 N–H and O–H groups in total. The average molecular weight is 184 g/mol. The third-order valence-corrected chi connectivity index (χ3v) is 2.95. The van der Waals surface area contributed by atoms with Gasteiger partial charge in [-0.3, -0.25) is 0 Å². The van der Waals surface area contributed by atoms with Gasteiger partial charge < -0.3 is 10.5 Å². The van der Waals surface area contributed by atoms with Crippen LogP contribution in [0.3, 0.4) is 0 Å². The van der Waals surface area contributed by atoms with E-state index in [-0.39, 0.29) is 6.10 Å². The molecule has 1 atom stereocenters. The maximum Gasteiger partial charge on any atom is 0.134 e. The SMILES string of the molecule is Nc1csc(C2CCCCO2)n1. The molecule has 1 aliphatic rings. The Hall–Kier alpha value is -0.610. The van der Waals surface area contributed by atoms with Crippen molar-refractivity contribution in [2.45, 2.75) is 25.4 Å². The summed E-state index contributed by atoms with van der Waals surface area (Å²) >= 11 is 1.59. The first-order chi connectivity index (χ1) is 5.86. The van der Waals surface area contributed by atoms with Gasteiger partial charge in [-0.2, -0.15) is 0 Å². The van der Waals surface area contributed by atoms with Gasteiger partial charge in [-0.15, -0.1) is 11.3 Å². The molecule has 1 fully saturated rings. The Morgan fingerprint density at radius 1 is 1.58 bits per heavy atom. The smallest absolute Gasteiger partial charge is 0.134 e. The summed E-state index contributed by atoms with van der Waals surface area (Å²) in [6.07, 6.45) is 3.72. The van der Waals surface area contributed by atoms with Crippen molar-refractivity contribution in [1.29, 1.82) is 0 Å². The summed E-state index contributed by atoms with van der Waals surface area (Å²) in [4.78, 5) is 4.21. The van der Waals surface area contributed by atoms with E-state index in [1.807, 2.05) is 5.38 Å². The van der Waals surface area contributed by atoms with Gasteiger partial charge in [0.1, 0.15) is 16.9 Å². The van der Waals surface area contributed by atoms with Crippen molar-refractivity contribution < 1.29 is 4.74 Å². The molecule has 1 aliphatic heterocycles. The van der Waals surface area contributed by atoms with Crippen LogP contribution in [0.25, 0.3) is 0 Å². The van der Waals surface area contributed by atoms with Crippen molar-refractivity contribution >= 4 is 17.2 Å². The summed E-state index contributed by atoms with van der Waals surface area (Å²) in [5.74, 6) is 0.615. The number of nitrogens with two attached hydrogens (primary N) is 1. The minimum absolute atomic E-state index is 0.209. The van der Waals surface area contributed by atoms with E-state index >= 15 is 0 Å². The maximum atomic E-state index is 5.57. The van der Waals surface area contributed by atoms with Crippen LogP contribution in [0.4, 0.5) is 5.82 Å². The highest BCUT2D eigenvalue weighted by molar-refractivity contribution is 7.10. The summed E-state index contributed by atoms with van der Waals surface area (Å²) in [6, 6.07) is 0. The van der Waals surface area contributed by atoms with Gasteiger partial charge in [0.05, 0.1) is 0 Å². The molecular weight excluding hydrogens is 172 g/mol. The van der Waals surface area contributed by atoms with Crippen LogP contribution in [0.5, 0.6) is 0 Å². The molecule has 0 radical (unpaired) electrons. The molecule has 1 unspecified atom stereocenters. The first-order valence-electron chi connectivity index (χ1n) is 4.19. The number of thiazole rings is 1. The van der Waals surface area contributed by atoms with Gasteiger partial charge in [0.15, 0.2) is 0 Å². The maximum absolute atomic E-state index is 5.57.